The maximum absolute atomic E-state index is 8.91. The highest BCUT2D eigenvalue weighted by Gasteiger charge is 2.11. The third-order valence-electron chi connectivity index (χ3n) is 2.51. The SMILES string of the molecule is COC(C)C(C)Nc1ccccc1C#N. The summed E-state index contributed by atoms with van der Waals surface area (Å²) in [6, 6.07) is 9.79. The Balaban J connectivity index is 2.77. The van der Waals surface area contributed by atoms with Crippen molar-refractivity contribution in [1.82, 2.24) is 0 Å². The smallest absolute Gasteiger partial charge is 0.101 e. The molecule has 0 aromatic heterocycles. The van der Waals surface area contributed by atoms with Crippen LogP contribution in [0.4, 0.5) is 5.69 Å². The molecule has 80 valence electrons. The van der Waals surface area contributed by atoms with Crippen molar-refractivity contribution in [3.8, 4) is 6.07 Å². The summed E-state index contributed by atoms with van der Waals surface area (Å²) < 4.78 is 5.21. The highest BCUT2D eigenvalue weighted by molar-refractivity contribution is 5.57. The summed E-state index contributed by atoms with van der Waals surface area (Å²) in [5.41, 5.74) is 1.52. The number of methoxy groups -OCH3 is 1. The fourth-order valence-electron chi connectivity index (χ4n) is 1.27. The summed E-state index contributed by atoms with van der Waals surface area (Å²) >= 11 is 0. The van der Waals surface area contributed by atoms with Crippen LogP contribution in [0.2, 0.25) is 0 Å². The number of ether oxygens (including phenoxy) is 1. The van der Waals surface area contributed by atoms with Crippen LogP contribution in [0.1, 0.15) is 19.4 Å². The van der Waals surface area contributed by atoms with Crippen LogP contribution < -0.4 is 5.32 Å². The highest BCUT2D eigenvalue weighted by Crippen LogP contribution is 2.15. The van der Waals surface area contributed by atoms with Crippen LogP contribution in [0.3, 0.4) is 0 Å². The molecule has 1 aromatic rings. The van der Waals surface area contributed by atoms with Crippen molar-refractivity contribution in [3.05, 3.63) is 29.8 Å². The van der Waals surface area contributed by atoms with Crippen molar-refractivity contribution in [1.29, 1.82) is 5.26 Å². The Bertz CT molecular complexity index is 357. The van der Waals surface area contributed by atoms with E-state index >= 15 is 0 Å². The molecule has 0 radical (unpaired) electrons. The number of rotatable bonds is 4. The lowest BCUT2D eigenvalue weighted by molar-refractivity contribution is 0.106. The summed E-state index contributed by atoms with van der Waals surface area (Å²) in [5.74, 6) is 0. The molecular weight excluding hydrogens is 188 g/mol. The topological polar surface area (TPSA) is 45.0 Å². The number of nitrogens with zero attached hydrogens (tertiary/aromatic N) is 1. The van der Waals surface area contributed by atoms with E-state index in [2.05, 4.69) is 11.4 Å². The predicted octanol–water partition coefficient (Wildman–Crippen LogP) is 2.39. The lowest BCUT2D eigenvalue weighted by Gasteiger charge is -2.21. The van der Waals surface area contributed by atoms with Gasteiger partial charge in [-0.2, -0.15) is 5.26 Å². The van der Waals surface area contributed by atoms with Crippen LogP contribution in [-0.2, 0) is 4.74 Å². The van der Waals surface area contributed by atoms with Crippen molar-refractivity contribution in [3.63, 3.8) is 0 Å². The summed E-state index contributed by atoms with van der Waals surface area (Å²) in [4.78, 5) is 0. The standard InChI is InChI=1S/C12H16N2O/c1-9(10(2)15-3)14-12-7-5-4-6-11(12)8-13/h4-7,9-10,14H,1-3H3. The normalized spacial score (nSPS) is 14.0. The zero-order chi connectivity index (χ0) is 11.3. The maximum Gasteiger partial charge on any atom is 0.101 e. The van der Waals surface area contributed by atoms with E-state index in [1.807, 2.05) is 32.0 Å². The van der Waals surface area contributed by atoms with Gasteiger partial charge in [-0.05, 0) is 26.0 Å². The molecule has 3 heteroatoms. The molecule has 1 rings (SSSR count). The number of para-hydroxylation sites is 1. The molecule has 1 N–H and O–H groups in total. The van der Waals surface area contributed by atoms with E-state index in [0.717, 1.165) is 5.69 Å². The van der Waals surface area contributed by atoms with Crippen molar-refractivity contribution < 1.29 is 4.74 Å². The molecule has 0 amide bonds. The number of hydrogen-bond acceptors (Lipinski definition) is 3. The maximum atomic E-state index is 8.91. The molecule has 0 bridgehead atoms. The molecule has 0 aliphatic carbocycles. The Morgan fingerprint density at radius 2 is 2.00 bits per heavy atom. The summed E-state index contributed by atoms with van der Waals surface area (Å²) in [7, 11) is 1.68. The first-order valence-corrected chi connectivity index (χ1v) is 4.97. The van der Waals surface area contributed by atoms with Crippen LogP contribution in [0.25, 0.3) is 0 Å². The number of hydrogen-bond donors (Lipinski definition) is 1. The fourth-order valence-corrected chi connectivity index (χ4v) is 1.27. The van der Waals surface area contributed by atoms with Gasteiger partial charge in [0.15, 0.2) is 0 Å². The summed E-state index contributed by atoms with van der Waals surface area (Å²) in [6.45, 7) is 4.02. The molecule has 0 fully saturated rings. The molecule has 0 heterocycles. The Morgan fingerprint density at radius 1 is 1.33 bits per heavy atom. The van der Waals surface area contributed by atoms with E-state index in [0.29, 0.717) is 5.56 Å². The summed E-state index contributed by atoms with van der Waals surface area (Å²) in [6.07, 6.45) is 0.108. The Hall–Kier alpha value is -1.53. The second-order valence-corrected chi connectivity index (χ2v) is 3.53. The van der Waals surface area contributed by atoms with Gasteiger partial charge in [0.2, 0.25) is 0 Å². The third-order valence-corrected chi connectivity index (χ3v) is 2.51. The molecule has 0 aliphatic heterocycles. The van der Waals surface area contributed by atoms with E-state index < -0.39 is 0 Å². The van der Waals surface area contributed by atoms with Gasteiger partial charge in [0.1, 0.15) is 6.07 Å². The van der Waals surface area contributed by atoms with E-state index in [1.165, 1.54) is 0 Å². The van der Waals surface area contributed by atoms with Crippen LogP contribution in [-0.4, -0.2) is 19.3 Å². The van der Waals surface area contributed by atoms with Crippen molar-refractivity contribution in [2.75, 3.05) is 12.4 Å². The molecule has 0 aliphatic rings. The van der Waals surface area contributed by atoms with Crippen LogP contribution in [0.5, 0.6) is 0 Å². The first-order chi connectivity index (χ1) is 7.19. The monoisotopic (exact) mass is 204 g/mol. The lowest BCUT2D eigenvalue weighted by atomic mass is 10.1. The highest BCUT2D eigenvalue weighted by atomic mass is 16.5. The number of anilines is 1. The molecule has 0 saturated heterocycles. The molecule has 2 unspecified atom stereocenters. The molecule has 1 aromatic carbocycles. The molecule has 2 atom stereocenters. The van der Waals surface area contributed by atoms with Gasteiger partial charge in [-0.15, -0.1) is 0 Å². The minimum absolute atomic E-state index is 0.108. The van der Waals surface area contributed by atoms with E-state index in [9.17, 15) is 0 Å². The van der Waals surface area contributed by atoms with Gasteiger partial charge >= 0.3 is 0 Å². The largest absolute Gasteiger partial charge is 0.380 e. The van der Waals surface area contributed by atoms with Gasteiger partial charge in [0.05, 0.1) is 17.4 Å². The van der Waals surface area contributed by atoms with E-state index in [-0.39, 0.29) is 12.1 Å². The lowest BCUT2D eigenvalue weighted by Crippen LogP contribution is -2.29. The Morgan fingerprint density at radius 3 is 2.60 bits per heavy atom. The first-order valence-electron chi connectivity index (χ1n) is 4.97. The fraction of sp³-hybridized carbons (Fsp3) is 0.417. The molecule has 0 spiro atoms. The second kappa shape index (κ2) is 5.38. The summed E-state index contributed by atoms with van der Waals surface area (Å²) in [5, 5.41) is 12.2. The van der Waals surface area contributed by atoms with Gasteiger partial charge in [0.25, 0.3) is 0 Å². The van der Waals surface area contributed by atoms with Crippen LogP contribution in [0.15, 0.2) is 24.3 Å². The molecular formula is C12H16N2O. The van der Waals surface area contributed by atoms with Crippen molar-refractivity contribution in [2.45, 2.75) is 26.0 Å². The molecule has 3 nitrogen and oxygen atoms in total. The average molecular weight is 204 g/mol. The molecule has 0 saturated carbocycles. The third kappa shape index (κ3) is 2.97. The molecule has 15 heavy (non-hydrogen) atoms. The zero-order valence-corrected chi connectivity index (χ0v) is 9.32. The van der Waals surface area contributed by atoms with Gasteiger partial charge in [-0.1, -0.05) is 12.1 Å². The zero-order valence-electron chi connectivity index (χ0n) is 9.32. The number of benzene rings is 1. The minimum Gasteiger partial charge on any atom is -0.380 e. The average Bonchev–Trinajstić information content (AvgIpc) is 2.28. The Labute approximate surface area is 90.7 Å². The van der Waals surface area contributed by atoms with E-state index in [4.69, 9.17) is 10.00 Å². The van der Waals surface area contributed by atoms with Crippen LogP contribution >= 0.6 is 0 Å². The van der Waals surface area contributed by atoms with Gasteiger partial charge in [-0.25, -0.2) is 0 Å². The Kier molecular flexibility index (Phi) is 4.14. The second-order valence-electron chi connectivity index (χ2n) is 3.53. The van der Waals surface area contributed by atoms with E-state index in [1.54, 1.807) is 13.2 Å². The van der Waals surface area contributed by atoms with Gasteiger partial charge in [0, 0.05) is 13.2 Å². The number of nitriles is 1. The minimum atomic E-state index is 0.108. The first kappa shape index (κ1) is 11.5. The van der Waals surface area contributed by atoms with Crippen molar-refractivity contribution >= 4 is 5.69 Å². The number of nitrogens with one attached hydrogen (secondary N) is 1. The van der Waals surface area contributed by atoms with Gasteiger partial charge < -0.3 is 10.1 Å². The van der Waals surface area contributed by atoms with Gasteiger partial charge in [-0.3, -0.25) is 0 Å². The quantitative estimate of drug-likeness (QED) is 0.819. The van der Waals surface area contributed by atoms with Crippen LogP contribution in [0, 0.1) is 11.3 Å². The predicted molar refractivity (Wildman–Crippen MR) is 60.7 cm³/mol. The van der Waals surface area contributed by atoms with Crippen molar-refractivity contribution in [2.24, 2.45) is 0 Å².